The van der Waals surface area contributed by atoms with Gasteiger partial charge < -0.3 is 26.2 Å². The van der Waals surface area contributed by atoms with Crippen LogP contribution >= 0.6 is 0 Å². The predicted molar refractivity (Wildman–Crippen MR) is 73.0 cm³/mol. The van der Waals surface area contributed by atoms with Gasteiger partial charge in [0.15, 0.2) is 0 Å². The van der Waals surface area contributed by atoms with E-state index in [2.05, 4.69) is 4.90 Å². The van der Waals surface area contributed by atoms with Crippen LogP contribution in [-0.4, -0.2) is 42.9 Å². The maximum Gasteiger partial charge on any atom is 0.248 e. The Kier molecular flexibility index (Phi) is 3.92. The highest BCUT2D eigenvalue weighted by molar-refractivity contribution is 5.94. The molecule has 0 spiro atoms. The van der Waals surface area contributed by atoms with E-state index in [4.69, 9.17) is 16.2 Å². The van der Waals surface area contributed by atoms with E-state index in [1.54, 1.807) is 18.2 Å². The average molecular weight is 265 g/mol. The molecule has 104 valence electrons. The summed E-state index contributed by atoms with van der Waals surface area (Å²) in [5, 5.41) is 9.18. The topological polar surface area (TPSA) is 102 Å². The van der Waals surface area contributed by atoms with Gasteiger partial charge in [-0.1, -0.05) is 0 Å². The Morgan fingerprint density at radius 2 is 2.32 bits per heavy atom. The van der Waals surface area contributed by atoms with Gasteiger partial charge in [-0.05, 0) is 25.1 Å². The lowest BCUT2D eigenvalue weighted by Gasteiger charge is -2.39. The first-order valence-corrected chi connectivity index (χ1v) is 6.21. The van der Waals surface area contributed by atoms with Crippen molar-refractivity contribution in [1.82, 2.24) is 0 Å². The highest BCUT2D eigenvalue weighted by Crippen LogP contribution is 2.28. The highest BCUT2D eigenvalue weighted by Gasteiger charge is 2.27. The fourth-order valence-electron chi connectivity index (χ4n) is 2.23. The van der Waals surface area contributed by atoms with E-state index in [0.717, 1.165) is 5.69 Å². The van der Waals surface area contributed by atoms with Crippen molar-refractivity contribution < 1.29 is 14.6 Å². The number of hydrogen-bond acceptors (Lipinski definition) is 5. The molecule has 1 amide bonds. The monoisotopic (exact) mass is 265 g/mol. The van der Waals surface area contributed by atoms with Gasteiger partial charge in [0, 0.05) is 18.2 Å². The zero-order chi connectivity index (χ0) is 14.0. The van der Waals surface area contributed by atoms with Gasteiger partial charge >= 0.3 is 0 Å². The molecule has 6 nitrogen and oxygen atoms in total. The van der Waals surface area contributed by atoms with E-state index in [1.807, 2.05) is 6.92 Å². The van der Waals surface area contributed by atoms with Crippen LogP contribution in [0.5, 0.6) is 0 Å². The summed E-state index contributed by atoms with van der Waals surface area (Å²) >= 11 is 0. The number of nitrogens with two attached hydrogens (primary N) is 2. The first-order chi connectivity index (χ1) is 9.02. The third-order valence-electron chi connectivity index (χ3n) is 3.33. The maximum absolute atomic E-state index is 11.1. The number of carbonyl (C=O) groups is 1. The molecule has 1 aliphatic rings. The molecule has 5 N–H and O–H groups in total. The summed E-state index contributed by atoms with van der Waals surface area (Å²) in [6.45, 7) is 3.09. The van der Waals surface area contributed by atoms with Crippen LogP contribution in [0.1, 0.15) is 17.3 Å². The van der Waals surface area contributed by atoms with Gasteiger partial charge in [0.1, 0.15) is 0 Å². The van der Waals surface area contributed by atoms with Crippen molar-refractivity contribution in [1.29, 1.82) is 0 Å². The minimum atomic E-state index is -0.499. The molecule has 1 aromatic carbocycles. The van der Waals surface area contributed by atoms with Gasteiger partial charge in [-0.15, -0.1) is 0 Å². The molecule has 1 saturated heterocycles. The van der Waals surface area contributed by atoms with Crippen molar-refractivity contribution in [3.63, 3.8) is 0 Å². The van der Waals surface area contributed by atoms with Crippen LogP contribution in [0.2, 0.25) is 0 Å². The second-order valence-corrected chi connectivity index (χ2v) is 4.78. The molecule has 2 unspecified atom stereocenters. The van der Waals surface area contributed by atoms with Crippen molar-refractivity contribution >= 4 is 17.3 Å². The lowest BCUT2D eigenvalue weighted by atomic mass is 10.1. The molecule has 1 aromatic rings. The molecular formula is C13H19N3O3. The van der Waals surface area contributed by atoms with E-state index in [0.29, 0.717) is 24.4 Å². The van der Waals surface area contributed by atoms with Crippen LogP contribution in [0, 0.1) is 0 Å². The molecule has 19 heavy (non-hydrogen) atoms. The first kappa shape index (κ1) is 13.6. The van der Waals surface area contributed by atoms with Crippen LogP contribution < -0.4 is 16.4 Å². The van der Waals surface area contributed by atoms with Crippen LogP contribution in [0.25, 0.3) is 0 Å². The molecule has 2 atom stereocenters. The van der Waals surface area contributed by atoms with Crippen LogP contribution in [0.3, 0.4) is 0 Å². The molecule has 2 rings (SSSR count). The van der Waals surface area contributed by atoms with Gasteiger partial charge in [0.2, 0.25) is 5.91 Å². The van der Waals surface area contributed by atoms with Gasteiger partial charge in [0.05, 0.1) is 30.7 Å². The number of hydrogen-bond donors (Lipinski definition) is 3. The molecule has 0 radical (unpaired) electrons. The number of rotatable bonds is 3. The van der Waals surface area contributed by atoms with Gasteiger partial charge in [0.25, 0.3) is 0 Å². The van der Waals surface area contributed by atoms with E-state index in [9.17, 15) is 9.90 Å². The molecule has 1 heterocycles. The van der Waals surface area contributed by atoms with Crippen molar-refractivity contribution in [2.24, 2.45) is 5.73 Å². The Morgan fingerprint density at radius 3 is 2.89 bits per heavy atom. The Hall–Kier alpha value is -1.79. The number of aliphatic hydroxyl groups is 1. The van der Waals surface area contributed by atoms with Crippen LogP contribution in [-0.2, 0) is 4.74 Å². The Labute approximate surface area is 111 Å². The van der Waals surface area contributed by atoms with Crippen LogP contribution in [0.15, 0.2) is 18.2 Å². The number of aliphatic hydroxyl groups excluding tert-OH is 1. The number of nitrogen functional groups attached to an aromatic ring is 1. The summed E-state index contributed by atoms with van der Waals surface area (Å²) in [6.07, 6.45) is -0.216. The third-order valence-corrected chi connectivity index (χ3v) is 3.33. The highest BCUT2D eigenvalue weighted by atomic mass is 16.5. The summed E-state index contributed by atoms with van der Waals surface area (Å²) in [7, 11) is 0. The SMILES string of the molecule is CC1COC(CO)CN1c1ccc(C(N)=O)cc1N. The van der Waals surface area contributed by atoms with Crippen molar-refractivity contribution in [3.05, 3.63) is 23.8 Å². The van der Waals surface area contributed by atoms with Gasteiger partial charge in [-0.3, -0.25) is 4.79 Å². The summed E-state index contributed by atoms with van der Waals surface area (Å²) in [5.74, 6) is -0.499. The fraction of sp³-hybridized carbons (Fsp3) is 0.462. The van der Waals surface area contributed by atoms with Gasteiger partial charge in [-0.25, -0.2) is 0 Å². The molecule has 1 fully saturated rings. The number of morpholine rings is 1. The maximum atomic E-state index is 11.1. The largest absolute Gasteiger partial charge is 0.397 e. The zero-order valence-corrected chi connectivity index (χ0v) is 10.9. The smallest absolute Gasteiger partial charge is 0.248 e. The molecule has 6 heteroatoms. The molecule has 1 aliphatic heterocycles. The number of anilines is 2. The third kappa shape index (κ3) is 2.80. The quantitative estimate of drug-likeness (QED) is 0.665. The number of primary amides is 1. The molecular weight excluding hydrogens is 246 g/mol. The standard InChI is InChI=1S/C13H19N3O3/c1-8-7-19-10(6-17)5-16(8)12-3-2-9(13(15)18)4-11(12)14/h2-4,8,10,17H,5-7,14H2,1H3,(H2,15,18). The summed E-state index contributed by atoms with van der Waals surface area (Å²) < 4.78 is 5.49. The molecule has 0 saturated carbocycles. The zero-order valence-electron chi connectivity index (χ0n) is 10.9. The summed E-state index contributed by atoms with van der Waals surface area (Å²) in [6, 6.07) is 5.17. The average Bonchev–Trinajstić information content (AvgIpc) is 2.39. The number of amides is 1. The minimum Gasteiger partial charge on any atom is -0.397 e. The summed E-state index contributed by atoms with van der Waals surface area (Å²) in [4.78, 5) is 13.2. The molecule has 0 aromatic heterocycles. The van der Waals surface area contributed by atoms with E-state index >= 15 is 0 Å². The number of carbonyl (C=O) groups excluding carboxylic acids is 1. The van der Waals surface area contributed by atoms with E-state index in [-0.39, 0.29) is 18.8 Å². The number of ether oxygens (including phenoxy) is 1. The summed E-state index contributed by atoms with van der Waals surface area (Å²) in [5.41, 5.74) is 12.9. The molecule has 0 aliphatic carbocycles. The second kappa shape index (κ2) is 5.46. The second-order valence-electron chi connectivity index (χ2n) is 4.78. The van der Waals surface area contributed by atoms with Gasteiger partial charge in [-0.2, -0.15) is 0 Å². The number of nitrogens with zero attached hydrogens (tertiary/aromatic N) is 1. The Bertz CT molecular complexity index is 478. The lowest BCUT2D eigenvalue weighted by molar-refractivity contribution is -0.0102. The first-order valence-electron chi connectivity index (χ1n) is 6.21. The van der Waals surface area contributed by atoms with E-state index < -0.39 is 5.91 Å². The lowest BCUT2D eigenvalue weighted by Crippen LogP contribution is -2.49. The predicted octanol–water partition coefficient (Wildman–Crippen LogP) is -0.0463. The fourth-order valence-corrected chi connectivity index (χ4v) is 2.23. The van der Waals surface area contributed by atoms with Crippen molar-refractivity contribution in [2.75, 3.05) is 30.4 Å². The molecule has 0 bridgehead atoms. The minimum absolute atomic E-state index is 0.0253. The number of benzene rings is 1. The Balaban J connectivity index is 2.27. The van der Waals surface area contributed by atoms with Crippen molar-refractivity contribution in [2.45, 2.75) is 19.1 Å². The van der Waals surface area contributed by atoms with Crippen molar-refractivity contribution in [3.8, 4) is 0 Å². The normalized spacial score (nSPS) is 23.4. The van der Waals surface area contributed by atoms with Crippen LogP contribution in [0.4, 0.5) is 11.4 Å². The Morgan fingerprint density at radius 1 is 1.58 bits per heavy atom. The van der Waals surface area contributed by atoms with E-state index in [1.165, 1.54) is 0 Å².